The number of nitrogens with zero attached hydrogens (tertiary/aromatic N) is 2. The summed E-state index contributed by atoms with van der Waals surface area (Å²) in [5, 5.41) is 16.4. The molecule has 0 radical (unpaired) electrons. The SMILES string of the molecule is BC(B)(B)C(B)(B)N[C@H]1C[C@@H]2CN(CC)C(=O)c3c(O)c(=O)c(C(=O)NCc4ccc(F)cc4F)c1n32. The predicted octanol–water partition coefficient (Wildman–Crippen LogP) is -3.29. The van der Waals surface area contributed by atoms with Crippen molar-refractivity contribution < 1.29 is 23.5 Å². The van der Waals surface area contributed by atoms with Crippen LogP contribution in [0, 0.1) is 11.6 Å². The van der Waals surface area contributed by atoms with Gasteiger partial charge in [-0.15, -0.1) is 5.11 Å². The van der Waals surface area contributed by atoms with E-state index in [1.807, 2.05) is 22.6 Å². The number of hydrogen-bond donors (Lipinski definition) is 3. The minimum absolute atomic E-state index is 0.0450. The maximum absolute atomic E-state index is 14.1. The molecule has 0 unspecified atom stereocenters. The topological polar surface area (TPSA) is 104 Å². The monoisotopic (exact) mass is 506 g/mol. The smallest absolute Gasteiger partial charge is 0.274 e. The molecule has 1 aromatic heterocycles. The number of carbonyl (C=O) groups is 2. The van der Waals surface area contributed by atoms with Crippen molar-refractivity contribution in [3.8, 4) is 5.75 Å². The molecule has 0 aliphatic carbocycles. The van der Waals surface area contributed by atoms with Crippen molar-refractivity contribution in [2.45, 2.75) is 42.4 Å². The third kappa shape index (κ3) is 4.62. The van der Waals surface area contributed by atoms with Gasteiger partial charge in [-0.2, -0.15) is 0 Å². The molecule has 0 saturated heterocycles. The molecule has 4 rings (SSSR count). The van der Waals surface area contributed by atoms with Gasteiger partial charge >= 0.3 is 0 Å². The highest BCUT2D eigenvalue weighted by molar-refractivity contribution is 6.67. The lowest BCUT2D eigenvalue weighted by molar-refractivity contribution is 0.0674. The van der Waals surface area contributed by atoms with Gasteiger partial charge < -0.3 is 25.2 Å². The third-order valence-electron chi connectivity index (χ3n) is 8.02. The highest BCUT2D eigenvalue weighted by Crippen LogP contribution is 2.43. The Kier molecular flexibility index (Phi) is 6.90. The first kappa shape index (κ1) is 27.1. The van der Waals surface area contributed by atoms with Crippen LogP contribution in [0.3, 0.4) is 0 Å². The van der Waals surface area contributed by atoms with E-state index in [1.54, 1.807) is 9.47 Å². The number of hydrogen-bond acceptors (Lipinski definition) is 5. The van der Waals surface area contributed by atoms with Gasteiger partial charge in [-0.25, -0.2) is 8.78 Å². The van der Waals surface area contributed by atoms with Crippen LogP contribution in [0.2, 0.25) is 5.11 Å². The minimum Gasteiger partial charge on any atom is -0.503 e. The molecule has 3 N–H and O–H groups in total. The van der Waals surface area contributed by atoms with Crippen LogP contribution in [0.15, 0.2) is 23.0 Å². The zero-order chi connectivity index (χ0) is 27.4. The maximum Gasteiger partial charge on any atom is 0.274 e. The molecule has 37 heavy (non-hydrogen) atoms. The van der Waals surface area contributed by atoms with Gasteiger partial charge in [-0.3, -0.25) is 14.4 Å². The third-order valence-corrected chi connectivity index (χ3v) is 8.02. The van der Waals surface area contributed by atoms with Gasteiger partial charge in [0.1, 0.15) is 32.9 Å². The summed E-state index contributed by atoms with van der Waals surface area (Å²) in [6, 6.07) is 2.30. The highest BCUT2D eigenvalue weighted by Gasteiger charge is 2.47. The number of nitrogens with one attached hydrogen (secondary N) is 2. The molecule has 0 spiro atoms. The van der Waals surface area contributed by atoms with Crippen LogP contribution in [0.25, 0.3) is 0 Å². The van der Waals surface area contributed by atoms with Gasteiger partial charge in [0.05, 0.1) is 35.3 Å². The molecule has 0 bridgehead atoms. The predicted molar refractivity (Wildman–Crippen MR) is 149 cm³/mol. The maximum atomic E-state index is 14.1. The van der Waals surface area contributed by atoms with E-state index in [9.17, 15) is 28.3 Å². The van der Waals surface area contributed by atoms with Gasteiger partial charge in [0.25, 0.3) is 11.8 Å². The summed E-state index contributed by atoms with van der Waals surface area (Å²) < 4.78 is 29.1. The summed E-state index contributed by atoms with van der Waals surface area (Å²) in [5.74, 6) is -3.62. The Hall–Kier alpha value is -2.95. The molecule has 0 saturated carbocycles. The Bertz CT molecular complexity index is 1350. The molecule has 190 valence electrons. The zero-order valence-corrected chi connectivity index (χ0v) is 22.0. The number of pyridine rings is 1. The van der Waals surface area contributed by atoms with E-state index in [2.05, 4.69) is 34.2 Å². The minimum atomic E-state index is -0.953. The van der Waals surface area contributed by atoms with Gasteiger partial charge in [0.15, 0.2) is 11.4 Å². The van der Waals surface area contributed by atoms with Crippen molar-refractivity contribution in [3.05, 3.63) is 62.6 Å². The molecule has 0 fully saturated rings. The number of aromatic nitrogens is 1. The average Bonchev–Trinajstić information content (AvgIpc) is 3.13. The molecule has 15 heteroatoms. The van der Waals surface area contributed by atoms with Gasteiger partial charge in [-0.1, -0.05) is 11.4 Å². The van der Waals surface area contributed by atoms with Crippen LogP contribution in [0.5, 0.6) is 5.75 Å². The lowest BCUT2D eigenvalue weighted by Crippen LogP contribution is -2.58. The Labute approximate surface area is 218 Å². The van der Waals surface area contributed by atoms with E-state index < -0.39 is 46.0 Å². The number of amides is 2. The molecule has 2 aliphatic heterocycles. The van der Waals surface area contributed by atoms with Crippen molar-refractivity contribution in [2.75, 3.05) is 13.1 Å². The summed E-state index contributed by atoms with van der Waals surface area (Å²) in [6.45, 7) is 2.33. The Balaban J connectivity index is 1.82. The molecule has 2 atom stereocenters. The van der Waals surface area contributed by atoms with Crippen LogP contribution >= 0.6 is 0 Å². The number of aromatic hydroxyl groups is 1. The summed E-state index contributed by atoms with van der Waals surface area (Å²) in [6.07, 6.45) is 0.506. The first-order valence-electron chi connectivity index (χ1n) is 12.5. The van der Waals surface area contributed by atoms with Crippen LogP contribution in [0.1, 0.15) is 57.5 Å². The van der Waals surface area contributed by atoms with Crippen LogP contribution < -0.4 is 16.1 Å². The normalized spacial score (nSPS) is 19.1. The van der Waals surface area contributed by atoms with Gasteiger partial charge in [-0.05, 0) is 19.4 Å². The highest BCUT2D eigenvalue weighted by atomic mass is 19.1. The van der Waals surface area contributed by atoms with E-state index in [0.29, 0.717) is 31.3 Å². The standard InChI is InChI=1S/C22H29B5F2N4O4/c1-2-32-8-11-6-13(31-22(26,27)21(23,24)25)15-14(17(34)18(35)16(20(32)37)33(11)15)19(36)30-7-9-3-4-10(28)5-12(9)29/h3-5,11,13,31,35H,2,6-8,23-27H2,1H3,(H,30,36)/t11-,13+/m1/s1. The molecule has 2 amide bonds. The fourth-order valence-corrected chi connectivity index (χ4v) is 4.96. The molecular weight excluding hydrogens is 476 g/mol. The van der Waals surface area contributed by atoms with E-state index in [0.717, 1.165) is 6.07 Å². The number of carbonyl (C=O) groups excluding carboxylic acids is 2. The summed E-state index contributed by atoms with van der Waals surface area (Å²) in [7, 11) is 10.3. The lowest BCUT2D eigenvalue weighted by Gasteiger charge is -2.43. The second-order valence-corrected chi connectivity index (χ2v) is 11.4. The number of benzene rings is 1. The molecule has 2 aliphatic rings. The number of rotatable bonds is 7. The number of likely N-dealkylation sites (N-methyl/N-ethyl adjacent to an activating group) is 1. The second-order valence-electron chi connectivity index (χ2n) is 11.4. The fraction of sp³-hybridized carbons (Fsp3) is 0.409. The Morgan fingerprint density at radius 2 is 1.86 bits per heavy atom. The van der Waals surface area contributed by atoms with E-state index in [-0.39, 0.29) is 34.5 Å². The van der Waals surface area contributed by atoms with Gasteiger partial charge in [0, 0.05) is 37.3 Å². The van der Waals surface area contributed by atoms with Gasteiger partial charge in [0.2, 0.25) is 5.43 Å². The van der Waals surface area contributed by atoms with Crippen LogP contribution in [0.4, 0.5) is 8.78 Å². The first-order chi connectivity index (χ1) is 17.2. The van der Waals surface area contributed by atoms with E-state index in [4.69, 9.17) is 0 Å². The summed E-state index contributed by atoms with van der Waals surface area (Å²) >= 11 is 0. The first-order valence-corrected chi connectivity index (χ1v) is 12.5. The van der Waals surface area contributed by atoms with Crippen molar-refractivity contribution in [1.29, 1.82) is 0 Å². The molecule has 1 aromatic carbocycles. The average molecular weight is 506 g/mol. The zero-order valence-electron chi connectivity index (χ0n) is 22.0. The Morgan fingerprint density at radius 1 is 1.19 bits per heavy atom. The summed E-state index contributed by atoms with van der Waals surface area (Å²) in [5.41, 5.74) is -0.973. The van der Waals surface area contributed by atoms with Crippen LogP contribution in [-0.4, -0.2) is 84.0 Å². The van der Waals surface area contributed by atoms with Crippen molar-refractivity contribution in [3.63, 3.8) is 0 Å². The molecule has 3 heterocycles. The molecular formula is C22H29B5F2N4O4. The van der Waals surface area contributed by atoms with Crippen molar-refractivity contribution in [2.24, 2.45) is 0 Å². The van der Waals surface area contributed by atoms with Crippen LogP contribution in [-0.2, 0) is 6.54 Å². The fourth-order valence-electron chi connectivity index (χ4n) is 4.96. The largest absolute Gasteiger partial charge is 0.503 e. The van der Waals surface area contributed by atoms with E-state index in [1.165, 1.54) is 6.07 Å². The summed E-state index contributed by atoms with van der Waals surface area (Å²) in [4.78, 5) is 41.6. The molecule has 2 aromatic rings. The molecule has 8 nitrogen and oxygen atoms in total. The Morgan fingerprint density at radius 3 is 2.46 bits per heavy atom. The van der Waals surface area contributed by atoms with Crippen molar-refractivity contribution in [1.82, 2.24) is 20.1 Å². The van der Waals surface area contributed by atoms with E-state index >= 15 is 0 Å². The second kappa shape index (κ2) is 9.42. The quantitative estimate of drug-likeness (QED) is 0.343. The van der Waals surface area contributed by atoms with Crippen molar-refractivity contribution >= 4 is 51.0 Å². The number of halogens is 2. The lowest BCUT2D eigenvalue weighted by atomic mass is 9.26.